The number of carbonyl (C=O) groups is 1. The van der Waals surface area contributed by atoms with Gasteiger partial charge in [-0.2, -0.15) is 5.10 Å². The number of nitrogens with zero attached hydrogens (tertiary/aromatic N) is 2. The van der Waals surface area contributed by atoms with Crippen molar-refractivity contribution in [3.63, 3.8) is 0 Å². The van der Waals surface area contributed by atoms with E-state index >= 15 is 0 Å². The number of aromatic nitrogens is 2. The molecule has 0 bridgehead atoms. The van der Waals surface area contributed by atoms with Gasteiger partial charge in [-0.1, -0.05) is 25.5 Å². The summed E-state index contributed by atoms with van der Waals surface area (Å²) in [5.41, 5.74) is 7.83. The van der Waals surface area contributed by atoms with Crippen LogP contribution in [0.4, 0.5) is 0 Å². The van der Waals surface area contributed by atoms with Crippen molar-refractivity contribution in [2.24, 2.45) is 5.73 Å². The van der Waals surface area contributed by atoms with Crippen molar-refractivity contribution in [1.82, 2.24) is 15.1 Å². The maximum atomic E-state index is 12.0. The highest BCUT2D eigenvalue weighted by Gasteiger charge is 2.16. The number of rotatable bonds is 6. The van der Waals surface area contributed by atoms with Crippen LogP contribution in [-0.4, -0.2) is 21.7 Å². The fourth-order valence-corrected chi connectivity index (χ4v) is 2.20. The molecule has 0 fully saturated rings. The van der Waals surface area contributed by atoms with E-state index in [4.69, 9.17) is 5.73 Å². The van der Waals surface area contributed by atoms with Gasteiger partial charge in [0, 0.05) is 12.4 Å². The maximum absolute atomic E-state index is 12.0. The molecule has 6 heteroatoms. The number of nitrogens with one attached hydrogen (secondary N) is 1. The Balaban J connectivity index is 0.00000242. The molecular weight excluding hydrogens is 300 g/mol. The molecular formula is C16H23ClN4O. The Hall–Kier alpha value is -1.85. The number of halogens is 1. The lowest BCUT2D eigenvalue weighted by Crippen LogP contribution is -2.41. The molecule has 0 radical (unpaired) electrons. The lowest BCUT2D eigenvalue weighted by atomic mass is 10.1. The fourth-order valence-electron chi connectivity index (χ4n) is 2.20. The van der Waals surface area contributed by atoms with Crippen LogP contribution < -0.4 is 11.1 Å². The first kappa shape index (κ1) is 18.2. The third-order valence-corrected chi connectivity index (χ3v) is 3.43. The normalized spacial score (nSPS) is 13.0. The molecule has 1 amide bonds. The van der Waals surface area contributed by atoms with Gasteiger partial charge in [0.05, 0.1) is 17.8 Å². The lowest BCUT2D eigenvalue weighted by molar-refractivity contribution is -0.123. The van der Waals surface area contributed by atoms with Crippen LogP contribution in [0.5, 0.6) is 0 Å². The van der Waals surface area contributed by atoms with E-state index in [2.05, 4.69) is 10.4 Å². The van der Waals surface area contributed by atoms with Gasteiger partial charge >= 0.3 is 0 Å². The molecule has 2 unspecified atom stereocenters. The van der Waals surface area contributed by atoms with Crippen molar-refractivity contribution in [3.8, 4) is 5.69 Å². The van der Waals surface area contributed by atoms with Crippen LogP contribution >= 0.6 is 12.4 Å². The van der Waals surface area contributed by atoms with E-state index < -0.39 is 6.04 Å². The van der Waals surface area contributed by atoms with Crippen LogP contribution in [0, 0.1) is 0 Å². The van der Waals surface area contributed by atoms with Crippen LogP contribution in [0.2, 0.25) is 0 Å². The van der Waals surface area contributed by atoms with E-state index in [1.54, 1.807) is 10.9 Å². The second-order valence-corrected chi connectivity index (χ2v) is 5.17. The summed E-state index contributed by atoms with van der Waals surface area (Å²) in [4.78, 5) is 12.0. The first-order valence-corrected chi connectivity index (χ1v) is 7.27. The monoisotopic (exact) mass is 322 g/mol. The number of carbonyl (C=O) groups excluding carboxylic acids is 1. The average molecular weight is 323 g/mol. The number of hydrogen-bond acceptors (Lipinski definition) is 3. The minimum Gasteiger partial charge on any atom is -0.348 e. The number of hydrogen-bond donors (Lipinski definition) is 2. The average Bonchev–Trinajstić information content (AvgIpc) is 3.01. The van der Waals surface area contributed by atoms with Gasteiger partial charge in [0.2, 0.25) is 5.91 Å². The van der Waals surface area contributed by atoms with Crippen molar-refractivity contribution >= 4 is 18.3 Å². The van der Waals surface area contributed by atoms with E-state index in [0.29, 0.717) is 6.42 Å². The highest BCUT2D eigenvalue weighted by atomic mass is 35.5. The Bertz CT molecular complexity index is 586. The van der Waals surface area contributed by atoms with Crippen LogP contribution in [0.15, 0.2) is 42.7 Å². The summed E-state index contributed by atoms with van der Waals surface area (Å²) in [6.45, 7) is 3.98. The lowest BCUT2D eigenvalue weighted by Gasteiger charge is -2.18. The van der Waals surface area contributed by atoms with Crippen molar-refractivity contribution in [2.75, 3.05) is 0 Å². The molecule has 1 aromatic carbocycles. The van der Waals surface area contributed by atoms with Crippen LogP contribution in [0.1, 0.15) is 38.3 Å². The van der Waals surface area contributed by atoms with Crippen LogP contribution in [-0.2, 0) is 4.79 Å². The van der Waals surface area contributed by atoms with Crippen molar-refractivity contribution < 1.29 is 4.79 Å². The number of benzene rings is 1. The summed E-state index contributed by atoms with van der Waals surface area (Å²) in [5.74, 6) is -0.103. The maximum Gasteiger partial charge on any atom is 0.237 e. The largest absolute Gasteiger partial charge is 0.348 e. The zero-order chi connectivity index (χ0) is 15.2. The molecule has 22 heavy (non-hydrogen) atoms. The second kappa shape index (κ2) is 8.56. The van der Waals surface area contributed by atoms with Crippen molar-refractivity contribution in [2.45, 2.75) is 38.8 Å². The Morgan fingerprint density at radius 3 is 2.82 bits per heavy atom. The Labute approximate surface area is 137 Å². The van der Waals surface area contributed by atoms with E-state index in [9.17, 15) is 4.79 Å². The third-order valence-electron chi connectivity index (χ3n) is 3.43. The quantitative estimate of drug-likeness (QED) is 0.858. The van der Waals surface area contributed by atoms with Crippen molar-refractivity contribution in [1.29, 1.82) is 0 Å². The van der Waals surface area contributed by atoms with Gasteiger partial charge < -0.3 is 11.1 Å². The van der Waals surface area contributed by atoms with Gasteiger partial charge in [0.1, 0.15) is 0 Å². The predicted octanol–water partition coefficient (Wildman–Crippen LogP) is 2.60. The van der Waals surface area contributed by atoms with E-state index in [0.717, 1.165) is 17.7 Å². The van der Waals surface area contributed by atoms with Gasteiger partial charge in [-0.05, 0) is 37.1 Å². The van der Waals surface area contributed by atoms with Crippen molar-refractivity contribution in [3.05, 3.63) is 48.3 Å². The SMILES string of the molecule is CCCC(N)C(=O)NC(C)c1cccc(-n2cccn2)c1.Cl. The molecule has 2 aromatic rings. The van der Waals surface area contributed by atoms with Gasteiger partial charge in [-0.3, -0.25) is 4.79 Å². The summed E-state index contributed by atoms with van der Waals surface area (Å²) in [6, 6.07) is 9.30. The second-order valence-electron chi connectivity index (χ2n) is 5.17. The van der Waals surface area contributed by atoms with Crippen LogP contribution in [0.25, 0.3) is 5.69 Å². The highest BCUT2D eigenvalue weighted by molar-refractivity contribution is 5.85. The molecule has 0 spiro atoms. The number of nitrogens with two attached hydrogens (primary N) is 1. The number of amides is 1. The minimum atomic E-state index is -0.438. The van der Waals surface area contributed by atoms with E-state index in [1.165, 1.54) is 0 Å². The molecule has 0 saturated carbocycles. The molecule has 0 aliphatic carbocycles. The summed E-state index contributed by atoms with van der Waals surface area (Å²) in [6.07, 6.45) is 5.23. The molecule has 2 atom stereocenters. The molecule has 0 aliphatic heterocycles. The van der Waals surface area contributed by atoms with Gasteiger partial charge in [0.25, 0.3) is 0 Å². The topological polar surface area (TPSA) is 72.9 Å². The van der Waals surface area contributed by atoms with Gasteiger partial charge in [-0.15, -0.1) is 12.4 Å². The Morgan fingerprint density at radius 2 is 2.18 bits per heavy atom. The summed E-state index contributed by atoms with van der Waals surface area (Å²) in [5, 5.41) is 7.17. The molecule has 0 saturated heterocycles. The summed E-state index contributed by atoms with van der Waals surface area (Å²) < 4.78 is 1.79. The zero-order valence-electron chi connectivity index (χ0n) is 12.9. The molecule has 2 rings (SSSR count). The smallest absolute Gasteiger partial charge is 0.237 e. The predicted molar refractivity (Wildman–Crippen MR) is 90.3 cm³/mol. The molecule has 1 heterocycles. The van der Waals surface area contributed by atoms with Gasteiger partial charge in [-0.25, -0.2) is 4.68 Å². The first-order chi connectivity index (χ1) is 10.1. The highest BCUT2D eigenvalue weighted by Crippen LogP contribution is 2.16. The van der Waals surface area contributed by atoms with E-state index in [-0.39, 0.29) is 24.4 Å². The van der Waals surface area contributed by atoms with Gasteiger partial charge in [0.15, 0.2) is 0 Å². The molecule has 0 aliphatic rings. The molecule has 120 valence electrons. The van der Waals surface area contributed by atoms with E-state index in [1.807, 2.05) is 50.4 Å². The molecule has 1 aromatic heterocycles. The first-order valence-electron chi connectivity index (χ1n) is 7.27. The van der Waals surface area contributed by atoms with Crippen LogP contribution in [0.3, 0.4) is 0 Å². The fraction of sp³-hybridized carbons (Fsp3) is 0.375. The summed E-state index contributed by atoms with van der Waals surface area (Å²) >= 11 is 0. The third kappa shape index (κ3) is 4.58. The molecule has 3 N–H and O–H groups in total. The zero-order valence-corrected chi connectivity index (χ0v) is 13.7. The Kier molecular flexibility index (Phi) is 7.08. The standard InChI is InChI=1S/C16H22N4O.ClH/c1-3-6-15(17)16(21)19-12(2)13-7-4-8-14(11-13)20-10-5-9-18-20;/h4-5,7-12,15H,3,6,17H2,1-2H3,(H,19,21);1H. The Morgan fingerprint density at radius 1 is 1.41 bits per heavy atom. The summed E-state index contributed by atoms with van der Waals surface area (Å²) in [7, 11) is 0. The molecule has 5 nitrogen and oxygen atoms in total. The minimum absolute atomic E-state index is 0.